The average Bonchev–Trinajstić information content (AvgIpc) is 3.48. The molecule has 0 atom stereocenters. The summed E-state index contributed by atoms with van der Waals surface area (Å²) < 4.78 is 11.9. The molecule has 0 amide bonds. The van der Waals surface area contributed by atoms with Gasteiger partial charge in [0.15, 0.2) is 5.76 Å². The van der Waals surface area contributed by atoms with Gasteiger partial charge in [-0.2, -0.15) is 19.5 Å². The minimum absolute atomic E-state index is 0.232. The Hall–Kier alpha value is -4.15. The molecule has 3 N–H and O–H groups in total. The zero-order chi connectivity index (χ0) is 23.0. The molecule has 1 aromatic carbocycles. The molecule has 0 bridgehead atoms. The van der Waals surface area contributed by atoms with E-state index >= 15 is 0 Å². The lowest BCUT2D eigenvalue weighted by Gasteiger charge is -2.10. The summed E-state index contributed by atoms with van der Waals surface area (Å²) in [6.45, 7) is 3.23. The van der Waals surface area contributed by atoms with Crippen LogP contribution in [0.2, 0.25) is 0 Å². The van der Waals surface area contributed by atoms with Crippen molar-refractivity contribution < 1.29 is 19.1 Å². The average molecular weight is 451 g/mol. The molecule has 0 spiro atoms. The first-order valence-electron chi connectivity index (χ1n) is 10.7. The van der Waals surface area contributed by atoms with Crippen molar-refractivity contribution in [2.45, 2.75) is 26.2 Å². The highest BCUT2D eigenvalue weighted by atomic mass is 16.5. The van der Waals surface area contributed by atoms with Crippen LogP contribution in [0.25, 0.3) is 17.4 Å². The van der Waals surface area contributed by atoms with E-state index < -0.39 is 0 Å². The molecule has 0 aliphatic heterocycles. The van der Waals surface area contributed by atoms with Gasteiger partial charge in [0.1, 0.15) is 5.75 Å². The lowest BCUT2D eigenvalue weighted by molar-refractivity contribution is -0.143. The Morgan fingerprint density at radius 1 is 1.12 bits per heavy atom. The molecule has 0 saturated heterocycles. The summed E-state index contributed by atoms with van der Waals surface area (Å²) in [6, 6.07) is 10.6. The van der Waals surface area contributed by atoms with Crippen LogP contribution in [0.15, 0.2) is 47.1 Å². The van der Waals surface area contributed by atoms with Crippen LogP contribution >= 0.6 is 0 Å². The maximum atomic E-state index is 11.6. The van der Waals surface area contributed by atoms with E-state index in [1.807, 2.05) is 12.1 Å². The molecular weight excluding hydrogens is 426 g/mol. The number of phenols is 1. The number of hydrogen-bond acceptors (Lipinski definition) is 10. The van der Waals surface area contributed by atoms with Crippen molar-refractivity contribution in [3.05, 3.63) is 48.2 Å². The number of rotatable bonds is 11. The molecule has 33 heavy (non-hydrogen) atoms. The smallest absolute Gasteiger partial charge is 0.305 e. The number of aromatic nitrogens is 5. The second-order valence-corrected chi connectivity index (χ2v) is 7.17. The predicted octanol–water partition coefficient (Wildman–Crippen LogP) is 2.89. The van der Waals surface area contributed by atoms with E-state index in [1.54, 1.807) is 37.5 Å². The van der Waals surface area contributed by atoms with E-state index in [4.69, 9.17) is 9.15 Å². The summed E-state index contributed by atoms with van der Waals surface area (Å²) in [7, 11) is 0. The quantitative estimate of drug-likeness (QED) is 0.230. The van der Waals surface area contributed by atoms with Crippen LogP contribution in [-0.2, 0) is 16.0 Å². The summed E-state index contributed by atoms with van der Waals surface area (Å²) in [6.07, 6.45) is 3.16. The Labute approximate surface area is 189 Å². The SMILES string of the molecule is CCOC(=O)CCCNc1nc(NCCc2ccc(O)cc2)nc2nc(-c3ccco3)nn12. The summed E-state index contributed by atoms with van der Waals surface area (Å²) >= 11 is 0. The number of nitrogens with zero attached hydrogens (tertiary/aromatic N) is 5. The fourth-order valence-electron chi connectivity index (χ4n) is 3.14. The number of hydrogen-bond donors (Lipinski definition) is 3. The first-order chi connectivity index (χ1) is 16.1. The molecule has 0 saturated carbocycles. The third kappa shape index (κ3) is 5.76. The number of esters is 1. The van der Waals surface area contributed by atoms with Crippen LogP contribution in [0, 0.1) is 0 Å². The van der Waals surface area contributed by atoms with Gasteiger partial charge in [0.25, 0.3) is 5.78 Å². The van der Waals surface area contributed by atoms with Gasteiger partial charge in [0, 0.05) is 19.5 Å². The summed E-state index contributed by atoms with van der Waals surface area (Å²) in [5.41, 5.74) is 1.07. The lowest BCUT2D eigenvalue weighted by atomic mass is 10.1. The second kappa shape index (κ2) is 10.4. The number of carbonyl (C=O) groups excluding carboxylic acids is 1. The van der Waals surface area contributed by atoms with Crippen molar-refractivity contribution >= 4 is 23.6 Å². The molecule has 0 aliphatic rings. The normalized spacial score (nSPS) is 10.9. The van der Waals surface area contributed by atoms with E-state index in [2.05, 4.69) is 30.7 Å². The van der Waals surface area contributed by atoms with Crippen LogP contribution in [-0.4, -0.2) is 55.3 Å². The highest BCUT2D eigenvalue weighted by Crippen LogP contribution is 2.19. The van der Waals surface area contributed by atoms with Crippen molar-refractivity contribution in [3.63, 3.8) is 0 Å². The zero-order valence-corrected chi connectivity index (χ0v) is 18.2. The Morgan fingerprint density at radius 2 is 1.97 bits per heavy atom. The predicted molar refractivity (Wildman–Crippen MR) is 121 cm³/mol. The number of anilines is 2. The third-order valence-electron chi connectivity index (χ3n) is 4.73. The summed E-state index contributed by atoms with van der Waals surface area (Å²) in [4.78, 5) is 25.0. The summed E-state index contributed by atoms with van der Waals surface area (Å²) in [5, 5.41) is 20.3. The zero-order valence-electron chi connectivity index (χ0n) is 18.2. The van der Waals surface area contributed by atoms with Gasteiger partial charge in [-0.05, 0) is 49.6 Å². The molecule has 0 aliphatic carbocycles. The first kappa shape index (κ1) is 22.1. The Kier molecular flexibility index (Phi) is 6.98. The van der Waals surface area contributed by atoms with Crippen LogP contribution < -0.4 is 10.6 Å². The highest BCUT2D eigenvalue weighted by Gasteiger charge is 2.15. The molecule has 172 valence electrons. The molecule has 3 heterocycles. The minimum atomic E-state index is -0.232. The van der Waals surface area contributed by atoms with Crippen LogP contribution in [0.4, 0.5) is 11.9 Å². The van der Waals surface area contributed by atoms with Gasteiger partial charge in [-0.25, -0.2) is 0 Å². The largest absolute Gasteiger partial charge is 0.508 e. The van der Waals surface area contributed by atoms with E-state index in [9.17, 15) is 9.90 Å². The van der Waals surface area contributed by atoms with Crippen molar-refractivity contribution in [3.8, 4) is 17.3 Å². The standard InChI is InChI=1S/C22H25N7O4/c1-2-32-18(31)6-3-12-24-21-26-20(23-13-11-15-7-9-16(30)10-8-15)27-22-25-19(28-29(21)22)17-5-4-14-33-17/h4-5,7-10,14,30H,2-3,6,11-13H2,1H3,(H2,23,24,25,26,27,28). The molecule has 0 fully saturated rings. The topological polar surface area (TPSA) is 140 Å². The molecule has 3 aromatic heterocycles. The van der Waals surface area contributed by atoms with Crippen molar-refractivity contribution in [2.75, 3.05) is 30.3 Å². The van der Waals surface area contributed by atoms with Crippen molar-refractivity contribution in [1.82, 2.24) is 24.6 Å². The molecule has 4 rings (SSSR count). The fraction of sp³-hybridized carbons (Fsp3) is 0.318. The number of carbonyl (C=O) groups is 1. The number of furan rings is 1. The van der Waals surface area contributed by atoms with Gasteiger partial charge in [-0.15, -0.1) is 5.10 Å². The Balaban J connectivity index is 1.48. The number of fused-ring (bicyclic) bond motifs is 1. The highest BCUT2D eigenvalue weighted by molar-refractivity contribution is 5.69. The second-order valence-electron chi connectivity index (χ2n) is 7.17. The molecule has 11 nitrogen and oxygen atoms in total. The molecule has 4 aromatic rings. The number of nitrogens with one attached hydrogen (secondary N) is 2. The van der Waals surface area contributed by atoms with Crippen molar-refractivity contribution in [1.29, 1.82) is 0 Å². The molecule has 0 radical (unpaired) electrons. The molecular formula is C22H25N7O4. The van der Waals surface area contributed by atoms with E-state index in [0.29, 0.717) is 61.8 Å². The van der Waals surface area contributed by atoms with Crippen molar-refractivity contribution in [2.24, 2.45) is 0 Å². The minimum Gasteiger partial charge on any atom is -0.508 e. The number of aromatic hydroxyl groups is 1. The fourth-order valence-corrected chi connectivity index (χ4v) is 3.14. The van der Waals surface area contributed by atoms with Crippen LogP contribution in [0.5, 0.6) is 5.75 Å². The van der Waals surface area contributed by atoms with Gasteiger partial charge < -0.3 is 24.9 Å². The maximum Gasteiger partial charge on any atom is 0.305 e. The lowest BCUT2D eigenvalue weighted by Crippen LogP contribution is -2.15. The van der Waals surface area contributed by atoms with E-state index in [-0.39, 0.29) is 11.7 Å². The van der Waals surface area contributed by atoms with E-state index in [0.717, 1.165) is 12.0 Å². The number of ether oxygens (including phenoxy) is 1. The van der Waals surface area contributed by atoms with Gasteiger partial charge in [-0.3, -0.25) is 4.79 Å². The Bertz CT molecular complexity index is 1190. The van der Waals surface area contributed by atoms with Gasteiger partial charge >= 0.3 is 5.97 Å². The first-order valence-corrected chi connectivity index (χ1v) is 10.7. The van der Waals surface area contributed by atoms with Gasteiger partial charge in [0.05, 0.1) is 12.9 Å². The van der Waals surface area contributed by atoms with Crippen LogP contribution in [0.3, 0.4) is 0 Å². The Morgan fingerprint density at radius 3 is 2.73 bits per heavy atom. The number of benzene rings is 1. The third-order valence-corrected chi connectivity index (χ3v) is 4.73. The molecule has 0 unspecified atom stereocenters. The summed E-state index contributed by atoms with van der Waals surface area (Å²) in [5.74, 6) is 2.12. The van der Waals surface area contributed by atoms with Gasteiger partial charge in [-0.1, -0.05) is 12.1 Å². The molecule has 11 heteroatoms. The monoisotopic (exact) mass is 451 g/mol. The maximum absolute atomic E-state index is 11.6. The van der Waals surface area contributed by atoms with Crippen LogP contribution in [0.1, 0.15) is 25.3 Å². The van der Waals surface area contributed by atoms with Gasteiger partial charge in [0.2, 0.25) is 17.7 Å². The van der Waals surface area contributed by atoms with E-state index in [1.165, 1.54) is 4.52 Å². The number of phenolic OH excluding ortho intramolecular Hbond substituents is 1.